The molecule has 0 aromatic carbocycles. The lowest BCUT2D eigenvalue weighted by Crippen LogP contribution is -2.44. The van der Waals surface area contributed by atoms with Gasteiger partial charge in [-0.05, 0) is 39.5 Å². The van der Waals surface area contributed by atoms with E-state index in [0.717, 1.165) is 18.0 Å². The molecule has 1 nitrogen and oxygen atoms in total. The van der Waals surface area contributed by atoms with E-state index >= 15 is 0 Å². The van der Waals surface area contributed by atoms with Crippen molar-refractivity contribution in [3.8, 4) is 0 Å². The van der Waals surface area contributed by atoms with E-state index in [1.807, 2.05) is 0 Å². The molecule has 1 heterocycles. The first kappa shape index (κ1) is 9.05. The van der Waals surface area contributed by atoms with Crippen molar-refractivity contribution in [2.24, 2.45) is 5.92 Å². The van der Waals surface area contributed by atoms with Crippen LogP contribution in [0.15, 0.2) is 0 Å². The van der Waals surface area contributed by atoms with Crippen LogP contribution in [0.3, 0.4) is 0 Å². The number of piperidine rings is 1. The molecule has 1 rings (SSSR count). The van der Waals surface area contributed by atoms with E-state index < -0.39 is 0 Å². The van der Waals surface area contributed by atoms with E-state index in [1.54, 1.807) is 0 Å². The number of rotatable bonds is 1. The molecule has 0 amide bonds. The fourth-order valence-corrected chi connectivity index (χ4v) is 2.04. The maximum Gasteiger partial charge on any atom is 0.00698 e. The molecule has 0 N–H and O–H groups in total. The lowest BCUT2D eigenvalue weighted by Gasteiger charge is -2.39. The Labute approximate surface area is 70.8 Å². The van der Waals surface area contributed by atoms with E-state index in [0.29, 0.717) is 0 Å². The van der Waals surface area contributed by atoms with Crippen LogP contribution < -0.4 is 0 Å². The van der Waals surface area contributed by atoms with Crippen molar-refractivity contribution in [1.29, 1.82) is 0 Å². The van der Waals surface area contributed by atoms with Gasteiger partial charge in [0.15, 0.2) is 0 Å². The number of likely N-dealkylation sites (tertiary alicyclic amines) is 1. The zero-order valence-electron chi connectivity index (χ0n) is 8.30. The normalized spacial score (nSPS) is 34.6. The van der Waals surface area contributed by atoms with Crippen molar-refractivity contribution in [1.82, 2.24) is 4.90 Å². The molecular formula is C10H21N. The summed E-state index contributed by atoms with van der Waals surface area (Å²) in [6.45, 7) is 10.6. The number of hydrogen-bond acceptors (Lipinski definition) is 1. The van der Waals surface area contributed by atoms with Gasteiger partial charge in [-0.1, -0.05) is 6.92 Å². The summed E-state index contributed by atoms with van der Waals surface area (Å²) in [7, 11) is 0. The van der Waals surface area contributed by atoms with Gasteiger partial charge in [0.25, 0.3) is 0 Å². The Morgan fingerprint density at radius 3 is 2.27 bits per heavy atom. The molecule has 2 atom stereocenters. The third kappa shape index (κ3) is 2.19. The SMILES string of the molecule is CC(C)N1C[C@@H](C)CC[C@H]1C. The highest BCUT2D eigenvalue weighted by Crippen LogP contribution is 2.22. The molecule has 0 aliphatic carbocycles. The Hall–Kier alpha value is -0.0400. The minimum absolute atomic E-state index is 0.729. The van der Waals surface area contributed by atoms with Crippen LogP contribution in [0.1, 0.15) is 40.5 Å². The highest BCUT2D eigenvalue weighted by Gasteiger charge is 2.24. The summed E-state index contributed by atoms with van der Waals surface area (Å²) in [5.74, 6) is 0.911. The Morgan fingerprint density at radius 1 is 1.18 bits per heavy atom. The van der Waals surface area contributed by atoms with Crippen molar-refractivity contribution in [2.75, 3.05) is 6.54 Å². The van der Waals surface area contributed by atoms with E-state index in [4.69, 9.17) is 0 Å². The first-order valence-corrected chi connectivity index (χ1v) is 4.87. The van der Waals surface area contributed by atoms with E-state index in [2.05, 4.69) is 32.6 Å². The standard InChI is InChI=1S/C10H21N/c1-8(2)11-7-9(3)5-6-10(11)4/h8-10H,5-7H2,1-4H3/t9-,10+/m0/s1. The molecule has 66 valence electrons. The lowest BCUT2D eigenvalue weighted by atomic mass is 9.94. The van der Waals surface area contributed by atoms with Crippen LogP contribution in [0.5, 0.6) is 0 Å². The fourth-order valence-electron chi connectivity index (χ4n) is 2.04. The molecule has 11 heavy (non-hydrogen) atoms. The van der Waals surface area contributed by atoms with Gasteiger partial charge in [0.1, 0.15) is 0 Å². The molecule has 1 heteroatoms. The van der Waals surface area contributed by atoms with Gasteiger partial charge in [0.2, 0.25) is 0 Å². The minimum atomic E-state index is 0.729. The quantitative estimate of drug-likeness (QED) is 0.562. The molecule has 0 saturated carbocycles. The number of hydrogen-bond donors (Lipinski definition) is 0. The summed E-state index contributed by atoms with van der Waals surface area (Å²) in [6.07, 6.45) is 2.81. The highest BCUT2D eigenvalue weighted by atomic mass is 15.2. The molecule has 1 aliphatic heterocycles. The molecule has 0 unspecified atom stereocenters. The molecule has 0 bridgehead atoms. The number of nitrogens with zero attached hydrogens (tertiary/aromatic N) is 1. The zero-order valence-corrected chi connectivity index (χ0v) is 8.30. The lowest BCUT2D eigenvalue weighted by molar-refractivity contribution is 0.0925. The Bertz CT molecular complexity index is 120. The predicted octanol–water partition coefficient (Wildman–Crippen LogP) is 2.52. The molecule has 0 radical (unpaired) electrons. The average Bonchev–Trinajstić information content (AvgIpc) is 1.94. The molecule has 1 aliphatic rings. The summed E-state index contributed by atoms with van der Waals surface area (Å²) < 4.78 is 0. The first-order chi connectivity index (χ1) is 5.11. The molecule has 1 saturated heterocycles. The van der Waals surface area contributed by atoms with Gasteiger partial charge in [0, 0.05) is 18.6 Å². The van der Waals surface area contributed by atoms with Crippen molar-refractivity contribution in [2.45, 2.75) is 52.6 Å². The van der Waals surface area contributed by atoms with Crippen LogP contribution in [0.25, 0.3) is 0 Å². The summed E-state index contributed by atoms with van der Waals surface area (Å²) in [5.41, 5.74) is 0. The minimum Gasteiger partial charge on any atom is -0.298 e. The monoisotopic (exact) mass is 155 g/mol. The van der Waals surface area contributed by atoms with Crippen LogP contribution in [-0.2, 0) is 0 Å². The summed E-state index contributed by atoms with van der Waals surface area (Å²) in [4.78, 5) is 2.62. The highest BCUT2D eigenvalue weighted by molar-refractivity contribution is 4.78. The topological polar surface area (TPSA) is 3.24 Å². The van der Waals surface area contributed by atoms with Gasteiger partial charge in [-0.3, -0.25) is 4.90 Å². The van der Waals surface area contributed by atoms with Gasteiger partial charge in [-0.15, -0.1) is 0 Å². The first-order valence-electron chi connectivity index (χ1n) is 4.87. The maximum absolute atomic E-state index is 2.62. The average molecular weight is 155 g/mol. The molecule has 0 aromatic heterocycles. The predicted molar refractivity (Wildman–Crippen MR) is 49.7 cm³/mol. The fraction of sp³-hybridized carbons (Fsp3) is 1.00. The Morgan fingerprint density at radius 2 is 1.82 bits per heavy atom. The van der Waals surface area contributed by atoms with E-state index in [1.165, 1.54) is 19.4 Å². The van der Waals surface area contributed by atoms with Crippen molar-refractivity contribution in [3.05, 3.63) is 0 Å². The molecule has 1 fully saturated rings. The van der Waals surface area contributed by atoms with Gasteiger partial charge < -0.3 is 0 Å². The third-order valence-electron chi connectivity index (χ3n) is 2.83. The molecule has 0 aromatic rings. The van der Waals surface area contributed by atoms with Crippen molar-refractivity contribution >= 4 is 0 Å². The van der Waals surface area contributed by atoms with Crippen LogP contribution in [0.2, 0.25) is 0 Å². The Balaban J connectivity index is 2.47. The smallest absolute Gasteiger partial charge is 0.00698 e. The van der Waals surface area contributed by atoms with Gasteiger partial charge in [-0.2, -0.15) is 0 Å². The maximum atomic E-state index is 2.62. The summed E-state index contributed by atoms with van der Waals surface area (Å²) in [5, 5.41) is 0. The molecule has 0 spiro atoms. The second-order valence-electron chi connectivity index (χ2n) is 4.32. The van der Waals surface area contributed by atoms with Crippen LogP contribution in [-0.4, -0.2) is 23.5 Å². The van der Waals surface area contributed by atoms with Crippen molar-refractivity contribution in [3.63, 3.8) is 0 Å². The largest absolute Gasteiger partial charge is 0.298 e. The summed E-state index contributed by atoms with van der Waals surface area (Å²) >= 11 is 0. The van der Waals surface area contributed by atoms with Gasteiger partial charge in [-0.25, -0.2) is 0 Å². The molecular weight excluding hydrogens is 134 g/mol. The third-order valence-corrected chi connectivity index (χ3v) is 2.83. The summed E-state index contributed by atoms with van der Waals surface area (Å²) in [6, 6.07) is 1.54. The second kappa shape index (κ2) is 3.57. The second-order valence-corrected chi connectivity index (χ2v) is 4.32. The van der Waals surface area contributed by atoms with Crippen LogP contribution in [0, 0.1) is 5.92 Å². The van der Waals surface area contributed by atoms with E-state index in [-0.39, 0.29) is 0 Å². The van der Waals surface area contributed by atoms with Gasteiger partial charge >= 0.3 is 0 Å². The zero-order chi connectivity index (χ0) is 8.43. The van der Waals surface area contributed by atoms with Crippen LogP contribution >= 0.6 is 0 Å². The van der Waals surface area contributed by atoms with E-state index in [9.17, 15) is 0 Å². The van der Waals surface area contributed by atoms with Crippen LogP contribution in [0.4, 0.5) is 0 Å². The van der Waals surface area contributed by atoms with Gasteiger partial charge in [0.05, 0.1) is 0 Å². The Kier molecular flexibility index (Phi) is 2.94. The van der Waals surface area contributed by atoms with Crippen molar-refractivity contribution < 1.29 is 0 Å².